The Balaban J connectivity index is 2.19. The molecule has 1 N–H and O–H groups in total. The molecule has 126 valence electrons. The van der Waals surface area contributed by atoms with E-state index >= 15 is 0 Å². The van der Waals surface area contributed by atoms with Gasteiger partial charge in [0.05, 0.1) is 25.0 Å². The number of benzene rings is 1. The van der Waals surface area contributed by atoms with Crippen molar-refractivity contribution >= 4 is 11.8 Å². The number of amides is 2. The normalized spacial score (nSPS) is 20.6. The Bertz CT molecular complexity index is 573. The molecule has 2 rings (SSSR count). The Morgan fingerprint density at radius 1 is 1.35 bits per heavy atom. The van der Waals surface area contributed by atoms with Crippen molar-refractivity contribution in [1.29, 1.82) is 0 Å². The summed E-state index contributed by atoms with van der Waals surface area (Å²) in [5.74, 6) is 0.00962. The average molecular weight is 318 g/mol. The molecule has 1 heterocycles. The average Bonchev–Trinajstić information content (AvgIpc) is 2.93. The van der Waals surface area contributed by atoms with Gasteiger partial charge in [-0.3, -0.25) is 9.59 Å². The van der Waals surface area contributed by atoms with Crippen molar-refractivity contribution in [2.45, 2.75) is 38.1 Å². The van der Waals surface area contributed by atoms with Crippen LogP contribution < -0.4 is 5.32 Å². The highest BCUT2D eigenvalue weighted by Gasteiger charge is 2.44. The van der Waals surface area contributed by atoms with Crippen molar-refractivity contribution in [3.05, 3.63) is 35.4 Å². The SMILES string of the molecule is CNC(=O)CC1(COC)CCCN1C(=O)Cc1ccccc1C. The molecule has 5 nitrogen and oxygen atoms in total. The van der Waals surface area contributed by atoms with E-state index in [-0.39, 0.29) is 18.2 Å². The van der Waals surface area contributed by atoms with Crippen LogP contribution in [-0.2, 0) is 20.7 Å². The summed E-state index contributed by atoms with van der Waals surface area (Å²) >= 11 is 0. The van der Waals surface area contributed by atoms with Gasteiger partial charge >= 0.3 is 0 Å². The van der Waals surface area contributed by atoms with Gasteiger partial charge in [-0.15, -0.1) is 0 Å². The van der Waals surface area contributed by atoms with Crippen LogP contribution >= 0.6 is 0 Å². The van der Waals surface area contributed by atoms with E-state index < -0.39 is 5.54 Å². The standard InChI is InChI=1S/C18H26N2O3/c1-14-7-4-5-8-15(14)11-17(22)20-10-6-9-18(20,13-23-3)12-16(21)19-2/h4-5,7-8H,6,9-13H2,1-3H3,(H,19,21). The van der Waals surface area contributed by atoms with Gasteiger partial charge in [-0.25, -0.2) is 0 Å². The molecule has 0 aromatic heterocycles. The number of nitrogens with zero attached hydrogens (tertiary/aromatic N) is 1. The summed E-state index contributed by atoms with van der Waals surface area (Å²) in [5.41, 5.74) is 1.63. The van der Waals surface area contributed by atoms with Crippen LogP contribution in [0.1, 0.15) is 30.4 Å². The minimum absolute atomic E-state index is 0.0577. The second-order valence-electron chi connectivity index (χ2n) is 6.26. The summed E-state index contributed by atoms with van der Waals surface area (Å²) in [4.78, 5) is 26.6. The maximum Gasteiger partial charge on any atom is 0.227 e. The van der Waals surface area contributed by atoms with E-state index in [0.29, 0.717) is 19.6 Å². The summed E-state index contributed by atoms with van der Waals surface area (Å²) < 4.78 is 5.35. The van der Waals surface area contributed by atoms with Gasteiger partial charge < -0.3 is 15.0 Å². The fraction of sp³-hybridized carbons (Fsp3) is 0.556. The molecule has 0 saturated carbocycles. The zero-order valence-electron chi connectivity index (χ0n) is 14.2. The number of ether oxygens (including phenoxy) is 1. The molecule has 0 bridgehead atoms. The zero-order chi connectivity index (χ0) is 16.9. The zero-order valence-corrected chi connectivity index (χ0v) is 14.2. The Morgan fingerprint density at radius 3 is 2.74 bits per heavy atom. The molecule has 1 fully saturated rings. The van der Waals surface area contributed by atoms with Gasteiger partial charge in [-0.05, 0) is 30.9 Å². The van der Waals surface area contributed by atoms with Gasteiger partial charge in [0.1, 0.15) is 0 Å². The maximum atomic E-state index is 12.9. The fourth-order valence-electron chi connectivity index (χ4n) is 3.44. The Labute approximate surface area is 138 Å². The number of rotatable bonds is 6. The second kappa shape index (κ2) is 7.59. The predicted octanol–water partition coefficient (Wildman–Crippen LogP) is 1.68. The molecule has 0 radical (unpaired) electrons. The minimum Gasteiger partial charge on any atom is -0.382 e. The number of carbonyl (C=O) groups excluding carboxylic acids is 2. The van der Waals surface area contributed by atoms with Crippen molar-refractivity contribution < 1.29 is 14.3 Å². The van der Waals surface area contributed by atoms with Crippen LogP contribution in [0, 0.1) is 6.92 Å². The van der Waals surface area contributed by atoms with Crippen molar-refractivity contribution in [2.24, 2.45) is 0 Å². The van der Waals surface area contributed by atoms with Crippen molar-refractivity contribution in [2.75, 3.05) is 27.3 Å². The van der Waals surface area contributed by atoms with Gasteiger partial charge in [0.2, 0.25) is 11.8 Å². The molecule has 0 aliphatic carbocycles. The van der Waals surface area contributed by atoms with E-state index in [9.17, 15) is 9.59 Å². The predicted molar refractivity (Wildman–Crippen MR) is 89.1 cm³/mol. The number of nitrogens with one attached hydrogen (secondary N) is 1. The molecule has 1 unspecified atom stereocenters. The van der Waals surface area contributed by atoms with Crippen molar-refractivity contribution in [1.82, 2.24) is 10.2 Å². The quantitative estimate of drug-likeness (QED) is 0.868. The van der Waals surface area contributed by atoms with E-state index in [0.717, 1.165) is 24.0 Å². The molecule has 1 atom stereocenters. The first-order chi connectivity index (χ1) is 11.0. The number of likely N-dealkylation sites (tertiary alicyclic amines) is 1. The highest BCUT2D eigenvalue weighted by atomic mass is 16.5. The van der Waals surface area contributed by atoms with E-state index in [1.165, 1.54) is 0 Å². The molecule has 23 heavy (non-hydrogen) atoms. The Hall–Kier alpha value is -1.88. The van der Waals surface area contributed by atoms with Crippen LogP contribution in [0.4, 0.5) is 0 Å². The molecule has 1 saturated heterocycles. The molecule has 0 spiro atoms. The summed E-state index contributed by atoms with van der Waals surface area (Å²) in [7, 11) is 3.24. The molecule has 1 aromatic rings. The molecule has 1 aliphatic heterocycles. The van der Waals surface area contributed by atoms with E-state index in [2.05, 4.69) is 5.32 Å². The van der Waals surface area contributed by atoms with Gasteiger partial charge in [0.15, 0.2) is 0 Å². The number of aryl methyl sites for hydroxylation is 1. The lowest BCUT2D eigenvalue weighted by Gasteiger charge is -2.37. The number of carbonyl (C=O) groups is 2. The summed E-state index contributed by atoms with van der Waals surface area (Å²) in [6.07, 6.45) is 2.36. The number of hydrogen-bond acceptors (Lipinski definition) is 3. The molecular weight excluding hydrogens is 292 g/mol. The van der Waals surface area contributed by atoms with Crippen LogP contribution in [0.3, 0.4) is 0 Å². The molecule has 2 amide bonds. The van der Waals surface area contributed by atoms with Crippen molar-refractivity contribution in [3.8, 4) is 0 Å². The first kappa shape index (κ1) is 17.5. The lowest BCUT2D eigenvalue weighted by molar-refractivity contribution is -0.139. The smallest absolute Gasteiger partial charge is 0.227 e. The summed E-state index contributed by atoms with van der Waals surface area (Å²) in [5, 5.41) is 2.66. The largest absolute Gasteiger partial charge is 0.382 e. The van der Waals surface area contributed by atoms with Gasteiger partial charge in [-0.2, -0.15) is 0 Å². The topological polar surface area (TPSA) is 58.6 Å². The molecule has 1 aliphatic rings. The van der Waals surface area contributed by atoms with Crippen LogP contribution in [-0.4, -0.2) is 49.6 Å². The summed E-state index contributed by atoms with van der Waals surface area (Å²) in [6, 6.07) is 7.92. The van der Waals surface area contributed by atoms with E-state index in [1.54, 1.807) is 14.2 Å². The third kappa shape index (κ3) is 3.91. The van der Waals surface area contributed by atoms with Crippen LogP contribution in [0.2, 0.25) is 0 Å². The highest BCUT2D eigenvalue weighted by Crippen LogP contribution is 2.33. The lowest BCUT2D eigenvalue weighted by atomic mass is 9.91. The third-order valence-electron chi connectivity index (χ3n) is 4.68. The molecular formula is C18H26N2O3. The number of hydrogen-bond donors (Lipinski definition) is 1. The van der Waals surface area contributed by atoms with E-state index in [4.69, 9.17) is 4.74 Å². The maximum absolute atomic E-state index is 12.9. The minimum atomic E-state index is -0.519. The third-order valence-corrected chi connectivity index (χ3v) is 4.68. The summed E-state index contributed by atoms with van der Waals surface area (Å²) in [6.45, 7) is 3.09. The fourth-order valence-corrected chi connectivity index (χ4v) is 3.44. The van der Waals surface area contributed by atoms with Crippen LogP contribution in [0.15, 0.2) is 24.3 Å². The number of methoxy groups -OCH3 is 1. The van der Waals surface area contributed by atoms with Crippen LogP contribution in [0.25, 0.3) is 0 Å². The lowest BCUT2D eigenvalue weighted by Crippen LogP contribution is -2.53. The first-order valence-corrected chi connectivity index (χ1v) is 8.07. The van der Waals surface area contributed by atoms with E-state index in [1.807, 2.05) is 36.1 Å². The molecule has 5 heteroatoms. The van der Waals surface area contributed by atoms with Gasteiger partial charge in [-0.1, -0.05) is 24.3 Å². The Morgan fingerprint density at radius 2 is 2.09 bits per heavy atom. The first-order valence-electron chi connectivity index (χ1n) is 8.07. The van der Waals surface area contributed by atoms with Gasteiger partial charge in [0.25, 0.3) is 0 Å². The van der Waals surface area contributed by atoms with Crippen molar-refractivity contribution in [3.63, 3.8) is 0 Å². The Kier molecular flexibility index (Phi) is 5.77. The van der Waals surface area contributed by atoms with Crippen LogP contribution in [0.5, 0.6) is 0 Å². The second-order valence-corrected chi connectivity index (χ2v) is 6.26. The monoisotopic (exact) mass is 318 g/mol. The highest BCUT2D eigenvalue weighted by molar-refractivity contribution is 5.82. The van der Waals surface area contributed by atoms with Gasteiger partial charge in [0, 0.05) is 20.7 Å². The molecule has 1 aromatic carbocycles.